The number of pyridine rings is 1. The molecule has 1 aliphatic rings. The molecule has 0 amide bonds. The normalized spacial score (nSPS) is 16.3. The molecule has 1 saturated carbocycles. The van der Waals surface area contributed by atoms with Gasteiger partial charge >= 0.3 is 0 Å². The first-order valence-electron chi connectivity index (χ1n) is 10.2. The summed E-state index contributed by atoms with van der Waals surface area (Å²) in [4.78, 5) is 14.2. The predicted molar refractivity (Wildman–Crippen MR) is 107 cm³/mol. The molecule has 7 heteroatoms. The van der Waals surface area contributed by atoms with E-state index in [1.807, 2.05) is 24.3 Å². The molecule has 0 spiro atoms. The van der Waals surface area contributed by atoms with Crippen LogP contribution in [0.15, 0.2) is 35.1 Å². The van der Waals surface area contributed by atoms with E-state index in [9.17, 15) is 4.79 Å². The zero-order chi connectivity index (χ0) is 19.3. The molecule has 0 aliphatic heterocycles. The third-order valence-corrected chi connectivity index (χ3v) is 5.59. The molecule has 1 fully saturated rings. The second kappa shape index (κ2) is 8.54. The molecule has 1 unspecified atom stereocenters. The molecular formula is C21H27N5O2. The number of H-pyrrole nitrogens is 1. The van der Waals surface area contributed by atoms with Gasteiger partial charge in [-0.3, -0.25) is 4.79 Å². The smallest absolute Gasteiger partial charge is 0.248 e. The third kappa shape index (κ3) is 4.40. The maximum absolute atomic E-state index is 11.4. The zero-order valence-corrected chi connectivity index (χ0v) is 16.3. The number of tetrazole rings is 1. The third-order valence-electron chi connectivity index (χ3n) is 5.59. The molecule has 1 atom stereocenters. The summed E-state index contributed by atoms with van der Waals surface area (Å²) in [6, 6.07) is 9.55. The fraction of sp³-hybridized carbons (Fsp3) is 0.524. The van der Waals surface area contributed by atoms with Crippen molar-refractivity contribution in [2.75, 3.05) is 6.61 Å². The molecule has 1 N–H and O–H groups in total. The van der Waals surface area contributed by atoms with Crippen molar-refractivity contribution >= 4 is 10.9 Å². The molecule has 28 heavy (non-hydrogen) atoms. The monoisotopic (exact) mass is 381 g/mol. The van der Waals surface area contributed by atoms with Gasteiger partial charge in [-0.2, -0.15) is 0 Å². The van der Waals surface area contributed by atoms with E-state index in [-0.39, 0.29) is 5.56 Å². The topological polar surface area (TPSA) is 85.7 Å². The summed E-state index contributed by atoms with van der Waals surface area (Å²) in [5.74, 6) is 2.25. The Morgan fingerprint density at radius 1 is 1.21 bits per heavy atom. The zero-order valence-electron chi connectivity index (χ0n) is 16.3. The van der Waals surface area contributed by atoms with Gasteiger partial charge in [-0.25, -0.2) is 4.68 Å². The number of fused-ring (bicyclic) bond motifs is 1. The molecule has 1 aromatic carbocycles. The Bertz CT molecular complexity index is 974. The molecule has 3 aromatic rings. The number of aromatic amines is 1. The number of aromatic nitrogens is 5. The van der Waals surface area contributed by atoms with Gasteiger partial charge in [-0.1, -0.05) is 26.2 Å². The van der Waals surface area contributed by atoms with Gasteiger partial charge in [0.25, 0.3) is 0 Å². The Balaban J connectivity index is 1.30. The number of nitrogens with zero attached hydrogens (tertiary/aromatic N) is 4. The van der Waals surface area contributed by atoms with E-state index >= 15 is 0 Å². The first-order valence-corrected chi connectivity index (χ1v) is 10.2. The van der Waals surface area contributed by atoms with Crippen molar-refractivity contribution in [1.82, 2.24) is 25.2 Å². The van der Waals surface area contributed by atoms with Gasteiger partial charge in [-0.05, 0) is 59.9 Å². The molecular weight excluding hydrogens is 354 g/mol. The van der Waals surface area contributed by atoms with Crippen molar-refractivity contribution in [3.8, 4) is 5.75 Å². The molecule has 0 saturated heterocycles. The minimum atomic E-state index is -0.0921. The van der Waals surface area contributed by atoms with Crippen LogP contribution in [-0.4, -0.2) is 31.8 Å². The molecule has 148 valence electrons. The van der Waals surface area contributed by atoms with Crippen molar-refractivity contribution < 1.29 is 4.74 Å². The van der Waals surface area contributed by atoms with E-state index in [2.05, 4.69) is 32.1 Å². The van der Waals surface area contributed by atoms with Crippen LogP contribution in [0, 0.1) is 5.92 Å². The molecule has 0 radical (unpaired) electrons. The van der Waals surface area contributed by atoms with E-state index in [4.69, 9.17) is 4.74 Å². The van der Waals surface area contributed by atoms with Gasteiger partial charge in [0.15, 0.2) is 5.82 Å². The van der Waals surface area contributed by atoms with E-state index in [0.717, 1.165) is 35.3 Å². The fourth-order valence-electron chi connectivity index (χ4n) is 3.97. The quantitative estimate of drug-likeness (QED) is 0.675. The number of hydrogen-bond acceptors (Lipinski definition) is 5. The second-order valence-corrected chi connectivity index (χ2v) is 7.85. The SMILES string of the molecule is CC(CCOc1ccc2[nH]c(=O)ccc2c1)Cc1nnnn1C1CCCCC1. The van der Waals surface area contributed by atoms with Crippen molar-refractivity contribution in [3.63, 3.8) is 0 Å². The van der Waals surface area contributed by atoms with E-state index in [1.54, 1.807) is 0 Å². The predicted octanol–water partition coefficient (Wildman–Crippen LogP) is 3.67. The summed E-state index contributed by atoms with van der Waals surface area (Å²) in [7, 11) is 0. The lowest BCUT2D eigenvalue weighted by molar-refractivity contribution is 0.276. The van der Waals surface area contributed by atoms with Gasteiger partial charge < -0.3 is 9.72 Å². The van der Waals surface area contributed by atoms with Crippen LogP contribution < -0.4 is 10.3 Å². The Morgan fingerprint density at radius 3 is 2.93 bits per heavy atom. The van der Waals surface area contributed by atoms with Crippen LogP contribution in [0.4, 0.5) is 0 Å². The van der Waals surface area contributed by atoms with Gasteiger partial charge in [0.1, 0.15) is 5.75 Å². The van der Waals surface area contributed by atoms with Gasteiger partial charge in [-0.15, -0.1) is 5.10 Å². The Hall–Kier alpha value is -2.70. The second-order valence-electron chi connectivity index (χ2n) is 7.85. The maximum atomic E-state index is 11.4. The van der Waals surface area contributed by atoms with Gasteiger partial charge in [0.2, 0.25) is 5.56 Å². The van der Waals surface area contributed by atoms with Crippen LogP contribution >= 0.6 is 0 Å². The van der Waals surface area contributed by atoms with Crippen molar-refractivity contribution in [1.29, 1.82) is 0 Å². The molecule has 4 rings (SSSR count). The lowest BCUT2D eigenvalue weighted by Crippen LogP contribution is -2.19. The average molecular weight is 381 g/mol. The largest absolute Gasteiger partial charge is 0.494 e. The lowest BCUT2D eigenvalue weighted by Gasteiger charge is -2.23. The molecule has 1 aliphatic carbocycles. The van der Waals surface area contributed by atoms with E-state index in [0.29, 0.717) is 18.6 Å². The Kier molecular flexibility index (Phi) is 5.69. The summed E-state index contributed by atoms with van der Waals surface area (Å²) in [5.41, 5.74) is 0.730. The van der Waals surface area contributed by atoms with Crippen molar-refractivity contribution in [3.05, 3.63) is 46.5 Å². The van der Waals surface area contributed by atoms with Crippen molar-refractivity contribution in [2.24, 2.45) is 5.92 Å². The first kappa shape index (κ1) is 18.7. The highest BCUT2D eigenvalue weighted by Crippen LogP contribution is 2.28. The Labute approximate surface area is 164 Å². The fourth-order valence-corrected chi connectivity index (χ4v) is 3.97. The van der Waals surface area contributed by atoms with Crippen LogP contribution in [0.2, 0.25) is 0 Å². The van der Waals surface area contributed by atoms with Gasteiger partial charge in [0, 0.05) is 23.4 Å². The van der Waals surface area contributed by atoms with Crippen LogP contribution in [0.5, 0.6) is 5.75 Å². The van der Waals surface area contributed by atoms with Crippen LogP contribution in [0.1, 0.15) is 57.3 Å². The standard InChI is InChI=1S/C21H27N5O2/c1-15(13-20-23-24-25-26(20)17-5-3-2-4-6-17)11-12-28-18-8-9-19-16(14-18)7-10-21(27)22-19/h7-10,14-15,17H,2-6,11-13H2,1H3,(H,22,27). The highest BCUT2D eigenvalue weighted by atomic mass is 16.5. The van der Waals surface area contributed by atoms with Crippen LogP contribution in [0.25, 0.3) is 10.9 Å². The number of benzene rings is 1. The van der Waals surface area contributed by atoms with Crippen LogP contribution in [0.3, 0.4) is 0 Å². The number of ether oxygens (including phenoxy) is 1. The Morgan fingerprint density at radius 2 is 2.07 bits per heavy atom. The summed E-state index contributed by atoms with van der Waals surface area (Å²) in [6.07, 6.45) is 8.03. The first-order chi connectivity index (χ1) is 13.7. The minimum absolute atomic E-state index is 0.0921. The summed E-state index contributed by atoms with van der Waals surface area (Å²) in [5, 5.41) is 13.4. The summed E-state index contributed by atoms with van der Waals surface area (Å²) >= 11 is 0. The molecule has 2 aromatic heterocycles. The van der Waals surface area contributed by atoms with Crippen molar-refractivity contribution in [2.45, 2.75) is 57.9 Å². The van der Waals surface area contributed by atoms with E-state index in [1.165, 1.54) is 38.2 Å². The maximum Gasteiger partial charge on any atom is 0.248 e. The lowest BCUT2D eigenvalue weighted by atomic mass is 9.95. The van der Waals surface area contributed by atoms with Crippen LogP contribution in [-0.2, 0) is 6.42 Å². The number of hydrogen-bond donors (Lipinski definition) is 1. The highest BCUT2D eigenvalue weighted by molar-refractivity contribution is 5.79. The molecule has 2 heterocycles. The summed E-state index contributed by atoms with van der Waals surface area (Å²) in [6.45, 7) is 2.86. The molecule has 0 bridgehead atoms. The average Bonchev–Trinajstić information content (AvgIpc) is 3.16. The minimum Gasteiger partial charge on any atom is -0.494 e. The number of nitrogens with one attached hydrogen (secondary N) is 1. The van der Waals surface area contributed by atoms with E-state index < -0.39 is 0 Å². The number of rotatable bonds is 7. The van der Waals surface area contributed by atoms with Gasteiger partial charge in [0.05, 0.1) is 12.6 Å². The highest BCUT2D eigenvalue weighted by Gasteiger charge is 2.21. The summed E-state index contributed by atoms with van der Waals surface area (Å²) < 4.78 is 7.99. The molecule has 7 nitrogen and oxygen atoms in total.